The predicted octanol–water partition coefficient (Wildman–Crippen LogP) is 2.73. The Bertz CT molecular complexity index is 229. The van der Waals surface area contributed by atoms with Crippen molar-refractivity contribution in [2.75, 3.05) is 19.8 Å². The van der Waals surface area contributed by atoms with Crippen LogP contribution >= 0.6 is 0 Å². The average molecular weight is 255 g/mol. The molecule has 3 unspecified atom stereocenters. The summed E-state index contributed by atoms with van der Waals surface area (Å²) in [6.07, 6.45) is 9.26. The van der Waals surface area contributed by atoms with Crippen molar-refractivity contribution in [1.29, 1.82) is 0 Å². The van der Waals surface area contributed by atoms with Crippen LogP contribution in [0.5, 0.6) is 0 Å². The zero-order valence-electron chi connectivity index (χ0n) is 11.8. The second-order valence-electron chi connectivity index (χ2n) is 6.14. The van der Waals surface area contributed by atoms with Crippen LogP contribution in [0, 0.1) is 11.8 Å². The van der Waals surface area contributed by atoms with Crippen LogP contribution in [-0.4, -0.2) is 32.0 Å². The van der Waals surface area contributed by atoms with Gasteiger partial charge in [0, 0.05) is 19.3 Å². The Morgan fingerprint density at radius 1 is 1.22 bits per heavy atom. The number of rotatable bonds is 6. The van der Waals surface area contributed by atoms with Crippen LogP contribution in [-0.2, 0) is 9.47 Å². The molecule has 0 bridgehead atoms. The molecule has 0 aliphatic carbocycles. The smallest absolute Gasteiger partial charge is 0.0551 e. The van der Waals surface area contributed by atoms with Gasteiger partial charge in [0.2, 0.25) is 0 Å². The number of unbranched alkanes of at least 4 members (excludes halogenated alkanes) is 1. The van der Waals surface area contributed by atoms with Gasteiger partial charge in [-0.15, -0.1) is 0 Å². The second-order valence-corrected chi connectivity index (χ2v) is 6.14. The monoisotopic (exact) mass is 255 g/mol. The van der Waals surface area contributed by atoms with Gasteiger partial charge in [-0.3, -0.25) is 0 Å². The Labute approximate surface area is 111 Å². The van der Waals surface area contributed by atoms with Crippen molar-refractivity contribution in [3.63, 3.8) is 0 Å². The largest absolute Gasteiger partial charge is 0.381 e. The lowest BCUT2D eigenvalue weighted by Gasteiger charge is -2.22. The van der Waals surface area contributed by atoms with E-state index in [1.807, 2.05) is 0 Å². The van der Waals surface area contributed by atoms with E-state index in [0.717, 1.165) is 32.2 Å². The molecule has 0 saturated carbocycles. The molecular weight excluding hydrogens is 226 g/mol. The third kappa shape index (κ3) is 4.52. The summed E-state index contributed by atoms with van der Waals surface area (Å²) in [5.74, 6) is 1.51. The fourth-order valence-electron chi connectivity index (χ4n) is 3.23. The number of ether oxygens (including phenoxy) is 2. The highest BCUT2D eigenvalue weighted by Gasteiger charge is 2.26. The molecule has 18 heavy (non-hydrogen) atoms. The van der Waals surface area contributed by atoms with E-state index in [1.165, 1.54) is 38.5 Å². The first-order valence-electron chi connectivity index (χ1n) is 7.70. The maximum atomic E-state index is 6.26. The van der Waals surface area contributed by atoms with Crippen molar-refractivity contribution >= 4 is 0 Å². The van der Waals surface area contributed by atoms with E-state index < -0.39 is 0 Å². The van der Waals surface area contributed by atoms with Crippen LogP contribution in [0.2, 0.25) is 0 Å². The van der Waals surface area contributed by atoms with E-state index in [0.29, 0.717) is 18.1 Å². The summed E-state index contributed by atoms with van der Waals surface area (Å²) in [6.45, 7) is 4.98. The summed E-state index contributed by atoms with van der Waals surface area (Å²) in [5.41, 5.74) is 6.26. The molecule has 0 spiro atoms. The normalized spacial score (nSPS) is 31.7. The van der Waals surface area contributed by atoms with Gasteiger partial charge >= 0.3 is 0 Å². The van der Waals surface area contributed by atoms with Crippen molar-refractivity contribution in [3.05, 3.63) is 0 Å². The molecule has 3 heteroatoms. The van der Waals surface area contributed by atoms with Gasteiger partial charge < -0.3 is 15.2 Å². The van der Waals surface area contributed by atoms with Crippen molar-refractivity contribution in [3.8, 4) is 0 Å². The van der Waals surface area contributed by atoms with Gasteiger partial charge in [0.15, 0.2) is 0 Å². The van der Waals surface area contributed by atoms with Crippen molar-refractivity contribution in [2.45, 2.75) is 64.0 Å². The Hall–Kier alpha value is -0.120. The Balaban J connectivity index is 1.52. The number of nitrogens with two attached hydrogens (primary N) is 1. The Kier molecular flexibility index (Phi) is 5.93. The lowest BCUT2D eigenvalue weighted by atomic mass is 9.90. The van der Waals surface area contributed by atoms with Crippen LogP contribution in [0.15, 0.2) is 0 Å². The quantitative estimate of drug-likeness (QED) is 0.742. The standard InChI is InChI=1S/C15H29NO2/c1-12-10-14(11-18-12)15(16)5-3-2-4-13-6-8-17-9-7-13/h12-15H,2-11,16H2,1H3. The maximum Gasteiger partial charge on any atom is 0.0551 e. The van der Waals surface area contributed by atoms with Gasteiger partial charge in [-0.1, -0.05) is 19.3 Å². The highest BCUT2D eigenvalue weighted by Crippen LogP contribution is 2.25. The van der Waals surface area contributed by atoms with Crippen LogP contribution < -0.4 is 5.73 Å². The third-order valence-corrected chi connectivity index (χ3v) is 4.58. The van der Waals surface area contributed by atoms with Gasteiger partial charge in [-0.25, -0.2) is 0 Å². The van der Waals surface area contributed by atoms with E-state index in [-0.39, 0.29) is 0 Å². The Morgan fingerprint density at radius 2 is 2.00 bits per heavy atom. The van der Waals surface area contributed by atoms with Crippen molar-refractivity contribution < 1.29 is 9.47 Å². The summed E-state index contributed by atoms with van der Waals surface area (Å²) in [4.78, 5) is 0. The zero-order chi connectivity index (χ0) is 12.8. The second kappa shape index (κ2) is 7.46. The highest BCUT2D eigenvalue weighted by atomic mass is 16.5. The van der Waals surface area contributed by atoms with Crippen LogP contribution in [0.3, 0.4) is 0 Å². The first-order valence-corrected chi connectivity index (χ1v) is 7.70. The molecule has 2 heterocycles. The van der Waals surface area contributed by atoms with E-state index in [1.54, 1.807) is 0 Å². The fraction of sp³-hybridized carbons (Fsp3) is 1.00. The summed E-state index contributed by atoms with van der Waals surface area (Å²) < 4.78 is 11.0. The highest BCUT2D eigenvalue weighted by molar-refractivity contribution is 4.79. The lowest BCUT2D eigenvalue weighted by Crippen LogP contribution is -2.30. The van der Waals surface area contributed by atoms with Gasteiger partial charge in [-0.2, -0.15) is 0 Å². The van der Waals surface area contributed by atoms with Crippen molar-refractivity contribution in [2.24, 2.45) is 17.6 Å². The van der Waals surface area contributed by atoms with Crippen LogP contribution in [0.1, 0.15) is 51.9 Å². The molecule has 0 aromatic carbocycles. The van der Waals surface area contributed by atoms with Crippen LogP contribution in [0.25, 0.3) is 0 Å². The summed E-state index contributed by atoms with van der Waals surface area (Å²) in [5, 5.41) is 0. The predicted molar refractivity (Wildman–Crippen MR) is 73.5 cm³/mol. The summed E-state index contributed by atoms with van der Waals surface area (Å²) >= 11 is 0. The molecule has 2 N–H and O–H groups in total. The van der Waals surface area contributed by atoms with Gasteiger partial charge in [-0.05, 0) is 44.4 Å². The average Bonchev–Trinajstić information content (AvgIpc) is 2.82. The molecule has 0 amide bonds. The first kappa shape index (κ1) is 14.3. The molecule has 2 saturated heterocycles. The SMILES string of the molecule is CC1CC(C(N)CCCCC2CCOCC2)CO1. The third-order valence-electron chi connectivity index (χ3n) is 4.58. The minimum Gasteiger partial charge on any atom is -0.381 e. The fourth-order valence-corrected chi connectivity index (χ4v) is 3.23. The molecule has 3 nitrogen and oxygen atoms in total. The van der Waals surface area contributed by atoms with E-state index in [9.17, 15) is 0 Å². The number of hydrogen-bond donors (Lipinski definition) is 1. The van der Waals surface area contributed by atoms with E-state index >= 15 is 0 Å². The molecule has 106 valence electrons. The molecule has 0 aromatic heterocycles. The molecule has 2 fully saturated rings. The minimum absolute atomic E-state index is 0.352. The van der Waals surface area contributed by atoms with E-state index in [4.69, 9.17) is 15.2 Å². The topological polar surface area (TPSA) is 44.5 Å². The zero-order valence-corrected chi connectivity index (χ0v) is 11.8. The molecule has 0 aromatic rings. The molecule has 2 aliphatic rings. The minimum atomic E-state index is 0.352. The molecule has 2 aliphatic heterocycles. The van der Waals surface area contributed by atoms with Crippen molar-refractivity contribution in [1.82, 2.24) is 0 Å². The molecule has 2 rings (SSSR count). The summed E-state index contributed by atoms with van der Waals surface area (Å²) in [6, 6.07) is 0.352. The molecular formula is C15H29NO2. The molecule has 3 atom stereocenters. The summed E-state index contributed by atoms with van der Waals surface area (Å²) in [7, 11) is 0. The van der Waals surface area contributed by atoms with Gasteiger partial charge in [0.05, 0.1) is 12.7 Å². The first-order chi connectivity index (χ1) is 8.75. The molecule has 0 radical (unpaired) electrons. The van der Waals surface area contributed by atoms with E-state index in [2.05, 4.69) is 6.92 Å². The van der Waals surface area contributed by atoms with Crippen LogP contribution in [0.4, 0.5) is 0 Å². The maximum absolute atomic E-state index is 6.26. The number of hydrogen-bond acceptors (Lipinski definition) is 3. The van der Waals surface area contributed by atoms with Gasteiger partial charge in [0.1, 0.15) is 0 Å². The Morgan fingerprint density at radius 3 is 2.67 bits per heavy atom. The van der Waals surface area contributed by atoms with Gasteiger partial charge in [0.25, 0.3) is 0 Å². The lowest BCUT2D eigenvalue weighted by molar-refractivity contribution is 0.0630.